The minimum Gasteiger partial charge on any atom is -0.477 e. The van der Waals surface area contributed by atoms with Gasteiger partial charge in [-0.15, -0.1) is 11.8 Å². The highest BCUT2D eigenvalue weighted by molar-refractivity contribution is 8.00. The van der Waals surface area contributed by atoms with Crippen molar-refractivity contribution in [2.24, 2.45) is 0 Å². The maximum Gasteiger partial charge on any atom is 0.352 e. The number of rotatable bonds is 7. The quantitative estimate of drug-likeness (QED) is 0.309. The maximum absolute atomic E-state index is 12.6. The van der Waals surface area contributed by atoms with Crippen molar-refractivity contribution in [1.29, 1.82) is 0 Å². The van der Waals surface area contributed by atoms with Gasteiger partial charge in [-0.2, -0.15) is 0 Å². The number of allylic oxidation sites excluding steroid dienone is 1. The van der Waals surface area contributed by atoms with Gasteiger partial charge in [0.25, 0.3) is 0 Å². The summed E-state index contributed by atoms with van der Waals surface area (Å²) >= 11 is 13.1. The van der Waals surface area contributed by atoms with E-state index >= 15 is 0 Å². The number of carbonyl (C=O) groups is 2. The molecule has 168 valence electrons. The van der Waals surface area contributed by atoms with Crippen molar-refractivity contribution in [2.75, 3.05) is 12.4 Å². The fraction of sp³-hybridized carbons (Fsp3) is 0.429. The Morgan fingerprint density at radius 3 is 2.58 bits per heavy atom. The molecule has 31 heavy (non-hydrogen) atoms. The first-order valence-electron chi connectivity index (χ1n) is 9.83. The van der Waals surface area contributed by atoms with Crippen molar-refractivity contribution < 1.29 is 24.5 Å². The fourth-order valence-electron chi connectivity index (χ4n) is 3.14. The third-order valence-corrected chi connectivity index (χ3v) is 6.73. The second kappa shape index (κ2) is 10.4. The number of epoxide rings is 1. The van der Waals surface area contributed by atoms with Crippen molar-refractivity contribution in [3.8, 4) is 0 Å². The van der Waals surface area contributed by atoms with Crippen LogP contribution in [0, 0.1) is 0 Å². The van der Waals surface area contributed by atoms with Gasteiger partial charge in [-0.1, -0.05) is 66.5 Å². The second-order valence-electron chi connectivity index (χ2n) is 7.12. The molecule has 1 amide bonds. The maximum atomic E-state index is 12.6. The largest absolute Gasteiger partial charge is 0.477 e. The van der Waals surface area contributed by atoms with E-state index in [9.17, 15) is 14.7 Å². The molecule has 10 heteroatoms. The Hall–Kier alpha value is -1.55. The number of carboxylic acid groups (broad SMARTS) is 1. The molecule has 0 bridgehead atoms. The van der Waals surface area contributed by atoms with Gasteiger partial charge in [-0.25, -0.2) is 4.79 Å². The molecule has 2 fully saturated rings. The average Bonchev–Trinajstić information content (AvgIpc) is 3.38. The lowest BCUT2D eigenvalue weighted by Gasteiger charge is -2.49. The predicted molar refractivity (Wildman–Crippen MR) is 121 cm³/mol. The number of thioether (sulfide) groups is 1. The lowest BCUT2D eigenvalue weighted by molar-refractivity contribution is -0.149. The first-order valence-corrected chi connectivity index (χ1v) is 11.6. The number of hydrogen-bond donors (Lipinski definition) is 3. The Morgan fingerprint density at radius 2 is 2.03 bits per heavy atom. The van der Waals surface area contributed by atoms with E-state index in [1.807, 2.05) is 37.3 Å². The standard InChI is InChI=1S/C18H16Cl2N2O4S.C3H8O/c19-18(20)12(26-18)7-6-11-9-27-16-13(15(23)22(16)14(11)17(24)25)21-8-10-4-2-1-3-5-10;1-2-3-4/h1-7,12-13,16,21H,8-9H2,(H,24,25);4H,2-3H2,1H3/b7-6+;. The van der Waals surface area contributed by atoms with Crippen LogP contribution in [0.4, 0.5) is 0 Å². The topological polar surface area (TPSA) is 102 Å². The zero-order valence-electron chi connectivity index (χ0n) is 16.8. The fourth-order valence-corrected chi connectivity index (χ4v) is 4.82. The number of nitrogens with zero attached hydrogens (tertiary/aromatic N) is 1. The number of carbonyl (C=O) groups excluding carboxylic acids is 1. The van der Waals surface area contributed by atoms with E-state index in [0.29, 0.717) is 24.5 Å². The number of hydrogen-bond acceptors (Lipinski definition) is 6. The molecule has 3 unspecified atom stereocenters. The average molecular weight is 487 g/mol. The van der Waals surface area contributed by atoms with E-state index in [-0.39, 0.29) is 17.0 Å². The summed E-state index contributed by atoms with van der Waals surface area (Å²) in [5, 5.41) is 20.5. The highest BCUT2D eigenvalue weighted by atomic mass is 35.5. The van der Waals surface area contributed by atoms with E-state index in [1.165, 1.54) is 16.7 Å². The number of aliphatic hydroxyl groups excluding tert-OH is 1. The summed E-state index contributed by atoms with van der Waals surface area (Å²) in [6.07, 6.45) is 3.65. The van der Waals surface area contributed by atoms with Gasteiger partial charge in [-0.3, -0.25) is 15.0 Å². The smallest absolute Gasteiger partial charge is 0.352 e. The number of β-lactam (4-membered cyclic amide) rings is 1. The molecule has 2 saturated heterocycles. The van der Waals surface area contributed by atoms with Crippen LogP contribution in [-0.4, -0.2) is 61.4 Å². The number of aliphatic carboxylic acids is 1. The summed E-state index contributed by atoms with van der Waals surface area (Å²) < 4.78 is 3.80. The van der Waals surface area contributed by atoms with Crippen LogP contribution in [-0.2, 0) is 20.9 Å². The van der Waals surface area contributed by atoms with Crippen LogP contribution < -0.4 is 5.32 Å². The highest BCUT2D eigenvalue weighted by Crippen LogP contribution is 2.46. The number of carboxylic acids is 1. The number of aliphatic hydroxyl groups is 1. The molecule has 3 aliphatic rings. The molecule has 0 radical (unpaired) electrons. The number of halogens is 2. The summed E-state index contributed by atoms with van der Waals surface area (Å²) in [6, 6.07) is 9.35. The predicted octanol–water partition coefficient (Wildman–Crippen LogP) is 2.87. The van der Waals surface area contributed by atoms with E-state index in [4.69, 9.17) is 33.0 Å². The third kappa shape index (κ3) is 5.63. The number of fused-ring (bicyclic) bond motifs is 1. The normalized spacial score (nSPS) is 26.1. The summed E-state index contributed by atoms with van der Waals surface area (Å²) in [5.41, 5.74) is 1.61. The molecule has 3 N–H and O–H groups in total. The number of nitrogens with one attached hydrogen (secondary N) is 1. The molecule has 7 nitrogen and oxygen atoms in total. The van der Waals surface area contributed by atoms with Crippen molar-refractivity contribution >= 4 is 46.8 Å². The summed E-state index contributed by atoms with van der Waals surface area (Å²) in [5.74, 6) is -0.895. The SMILES string of the molecule is CCCO.O=C(O)C1=C(/C=C/C2OC2(Cl)Cl)CSC2C(NCc3ccccc3)C(=O)N12. The van der Waals surface area contributed by atoms with Crippen molar-refractivity contribution in [2.45, 2.75) is 41.9 Å². The Morgan fingerprint density at radius 1 is 1.39 bits per heavy atom. The molecule has 0 aliphatic carbocycles. The molecule has 0 aromatic heterocycles. The van der Waals surface area contributed by atoms with Crippen molar-refractivity contribution in [3.05, 3.63) is 59.3 Å². The molecule has 3 heterocycles. The Balaban J connectivity index is 0.000000628. The first-order chi connectivity index (χ1) is 14.8. The summed E-state index contributed by atoms with van der Waals surface area (Å²) in [4.78, 5) is 25.7. The zero-order valence-corrected chi connectivity index (χ0v) is 19.2. The van der Waals surface area contributed by atoms with Gasteiger partial charge >= 0.3 is 5.97 Å². The minimum atomic E-state index is -1.25. The lowest BCUT2D eigenvalue weighted by Crippen LogP contribution is -2.69. The van der Waals surface area contributed by atoms with Crippen LogP contribution in [0.25, 0.3) is 0 Å². The van der Waals surface area contributed by atoms with E-state index in [1.54, 1.807) is 12.2 Å². The van der Waals surface area contributed by atoms with Gasteiger partial charge in [0.05, 0.1) is 0 Å². The molecule has 0 saturated carbocycles. The van der Waals surface area contributed by atoms with Gasteiger partial charge in [0.1, 0.15) is 23.2 Å². The monoisotopic (exact) mass is 486 g/mol. The van der Waals surface area contributed by atoms with E-state index < -0.39 is 22.6 Å². The van der Waals surface area contributed by atoms with Crippen LogP contribution in [0.15, 0.2) is 53.8 Å². The van der Waals surface area contributed by atoms with E-state index in [2.05, 4.69) is 5.32 Å². The number of alkyl halides is 2. The Kier molecular flexibility index (Phi) is 8.07. The number of benzene rings is 1. The number of ether oxygens (including phenoxy) is 1. The minimum absolute atomic E-state index is 0.00755. The van der Waals surface area contributed by atoms with Gasteiger partial charge < -0.3 is 14.9 Å². The molecular formula is C21H24Cl2N2O5S. The molecule has 1 aromatic rings. The van der Waals surface area contributed by atoms with E-state index in [0.717, 1.165) is 12.0 Å². The molecule has 0 spiro atoms. The second-order valence-corrected chi connectivity index (χ2v) is 9.54. The van der Waals surface area contributed by atoms with Gasteiger partial charge in [0.15, 0.2) is 0 Å². The molecule has 3 atom stereocenters. The van der Waals surface area contributed by atoms with Crippen LogP contribution in [0.3, 0.4) is 0 Å². The van der Waals surface area contributed by atoms with Gasteiger partial charge in [0, 0.05) is 18.9 Å². The summed E-state index contributed by atoms with van der Waals surface area (Å²) in [6.45, 7) is 2.80. The van der Waals surface area contributed by atoms with Crippen LogP contribution in [0.1, 0.15) is 18.9 Å². The van der Waals surface area contributed by atoms with Crippen molar-refractivity contribution in [1.82, 2.24) is 10.2 Å². The first kappa shape index (κ1) is 24.1. The lowest BCUT2D eigenvalue weighted by atomic mass is 10.0. The van der Waals surface area contributed by atoms with Crippen LogP contribution >= 0.6 is 35.0 Å². The van der Waals surface area contributed by atoms with Gasteiger partial charge in [0.2, 0.25) is 10.4 Å². The molecule has 1 aromatic carbocycles. The molecular weight excluding hydrogens is 463 g/mol. The van der Waals surface area contributed by atoms with Gasteiger partial charge in [-0.05, 0) is 23.6 Å². The Bertz CT molecular complexity index is 876. The number of amides is 1. The Labute approximate surface area is 195 Å². The molecule has 3 aliphatic heterocycles. The summed E-state index contributed by atoms with van der Waals surface area (Å²) in [7, 11) is 0. The third-order valence-electron chi connectivity index (χ3n) is 4.82. The molecule has 4 rings (SSSR count). The van der Waals surface area contributed by atoms with Crippen LogP contribution in [0.2, 0.25) is 0 Å². The zero-order chi connectivity index (χ0) is 22.6. The van der Waals surface area contributed by atoms with Crippen LogP contribution in [0.5, 0.6) is 0 Å². The highest BCUT2D eigenvalue weighted by Gasteiger charge is 2.54. The van der Waals surface area contributed by atoms with Crippen molar-refractivity contribution in [3.63, 3.8) is 0 Å².